The van der Waals surface area contributed by atoms with Gasteiger partial charge in [0, 0.05) is 57.6 Å². The molecule has 2 aliphatic heterocycles. The summed E-state index contributed by atoms with van der Waals surface area (Å²) in [5.74, 6) is 1.09. The van der Waals surface area contributed by atoms with Gasteiger partial charge in [-0.25, -0.2) is 9.59 Å². The maximum Gasteiger partial charge on any atom is 0.410 e. The molecule has 230 valence electrons. The van der Waals surface area contributed by atoms with E-state index in [1.807, 2.05) is 63.1 Å². The number of carbonyl (C=O) groups excluding carboxylic acids is 3. The van der Waals surface area contributed by atoms with Crippen LogP contribution in [-0.2, 0) is 29.5 Å². The van der Waals surface area contributed by atoms with Crippen LogP contribution in [-0.4, -0.2) is 94.0 Å². The van der Waals surface area contributed by atoms with Gasteiger partial charge in [-0.05, 0) is 69.5 Å². The molecule has 4 amide bonds. The van der Waals surface area contributed by atoms with Crippen LogP contribution in [0.2, 0.25) is 0 Å². The van der Waals surface area contributed by atoms with E-state index in [0.29, 0.717) is 12.4 Å². The van der Waals surface area contributed by atoms with E-state index >= 15 is 0 Å². The standard InChI is InChI=1S/C32H42N6O5/c1-22-20-35(17-18-36(22)31(41)43-32(2,3)4)15-13-23-9-12-27-26(19-23)29(33-34(27)5)37-16-14-28(39)38(30(37)40)21-24-7-10-25(42-6)11-8-24/h7-12,19,22H,13-18,20-21H2,1-6H3/t22-/m0/s1. The molecule has 2 fully saturated rings. The molecule has 0 radical (unpaired) electrons. The van der Waals surface area contributed by atoms with Crippen LogP contribution in [0.15, 0.2) is 42.5 Å². The van der Waals surface area contributed by atoms with Crippen LogP contribution >= 0.6 is 0 Å². The smallest absolute Gasteiger partial charge is 0.410 e. The van der Waals surface area contributed by atoms with Gasteiger partial charge in [0.05, 0.1) is 19.2 Å². The monoisotopic (exact) mass is 590 g/mol. The summed E-state index contributed by atoms with van der Waals surface area (Å²) in [6, 6.07) is 13.3. The minimum Gasteiger partial charge on any atom is -0.497 e. The SMILES string of the molecule is COc1ccc(CN2C(=O)CCN(c3nn(C)c4ccc(CCN5CCN(C(=O)OC(C)(C)C)[C@@H](C)C5)cc34)C2=O)cc1. The Labute approximate surface area is 252 Å². The van der Waals surface area contributed by atoms with E-state index in [4.69, 9.17) is 14.6 Å². The minimum absolute atomic E-state index is 0.0599. The van der Waals surface area contributed by atoms with Crippen molar-refractivity contribution in [1.82, 2.24) is 24.5 Å². The highest BCUT2D eigenvalue weighted by Gasteiger charge is 2.35. The second kappa shape index (κ2) is 12.2. The van der Waals surface area contributed by atoms with E-state index in [1.54, 1.807) is 16.7 Å². The Balaban J connectivity index is 1.27. The third-order valence-corrected chi connectivity index (χ3v) is 8.02. The van der Waals surface area contributed by atoms with E-state index in [1.165, 1.54) is 4.90 Å². The fourth-order valence-electron chi connectivity index (χ4n) is 5.72. The lowest BCUT2D eigenvalue weighted by molar-refractivity contribution is -0.129. The van der Waals surface area contributed by atoms with Crippen molar-refractivity contribution in [3.05, 3.63) is 53.6 Å². The lowest BCUT2D eigenvalue weighted by Gasteiger charge is -2.40. The zero-order valence-electron chi connectivity index (χ0n) is 26.0. The summed E-state index contributed by atoms with van der Waals surface area (Å²) < 4.78 is 12.6. The molecule has 0 spiro atoms. The third-order valence-electron chi connectivity index (χ3n) is 8.02. The number of benzene rings is 2. The normalized spacial score (nSPS) is 18.5. The number of nitrogens with zero attached hydrogens (tertiary/aromatic N) is 6. The molecule has 0 bridgehead atoms. The van der Waals surface area contributed by atoms with Crippen molar-refractivity contribution in [2.24, 2.45) is 7.05 Å². The minimum atomic E-state index is -0.513. The maximum absolute atomic E-state index is 13.6. The third kappa shape index (κ3) is 6.77. The van der Waals surface area contributed by atoms with Crippen molar-refractivity contribution in [3.8, 4) is 5.75 Å². The summed E-state index contributed by atoms with van der Waals surface area (Å²) in [5.41, 5.74) is 2.39. The van der Waals surface area contributed by atoms with Crippen molar-refractivity contribution >= 4 is 34.8 Å². The number of urea groups is 1. The van der Waals surface area contributed by atoms with E-state index in [2.05, 4.69) is 24.0 Å². The molecule has 2 aromatic carbocycles. The first-order chi connectivity index (χ1) is 20.4. The Kier molecular flexibility index (Phi) is 8.64. The number of hydrogen-bond acceptors (Lipinski definition) is 7. The Morgan fingerprint density at radius 1 is 1.02 bits per heavy atom. The lowest BCUT2D eigenvalue weighted by Crippen LogP contribution is -2.55. The van der Waals surface area contributed by atoms with Gasteiger partial charge in [0.15, 0.2) is 5.82 Å². The van der Waals surface area contributed by atoms with Crippen molar-refractivity contribution in [1.29, 1.82) is 0 Å². The van der Waals surface area contributed by atoms with Gasteiger partial charge in [-0.15, -0.1) is 0 Å². The van der Waals surface area contributed by atoms with Crippen LogP contribution in [0.1, 0.15) is 45.2 Å². The number of methoxy groups -OCH3 is 1. The summed E-state index contributed by atoms with van der Waals surface area (Å²) in [7, 11) is 3.47. The highest BCUT2D eigenvalue weighted by molar-refractivity contribution is 6.08. The quantitative estimate of drug-likeness (QED) is 0.402. The summed E-state index contributed by atoms with van der Waals surface area (Å²) in [6.45, 7) is 11.2. The zero-order chi connectivity index (χ0) is 30.9. The number of fused-ring (bicyclic) bond motifs is 1. The summed E-state index contributed by atoms with van der Waals surface area (Å²) in [5, 5.41) is 5.60. The largest absolute Gasteiger partial charge is 0.497 e. The molecule has 2 aliphatic rings. The number of ether oxygens (including phenoxy) is 2. The van der Waals surface area contributed by atoms with Crippen molar-refractivity contribution in [2.45, 2.75) is 58.7 Å². The maximum atomic E-state index is 13.6. The fourth-order valence-corrected chi connectivity index (χ4v) is 5.72. The predicted octanol–water partition coefficient (Wildman–Crippen LogP) is 4.42. The fraction of sp³-hybridized carbons (Fsp3) is 0.500. The number of piperazine rings is 1. The van der Waals surface area contributed by atoms with E-state index in [0.717, 1.165) is 53.8 Å². The molecule has 11 nitrogen and oxygen atoms in total. The number of aromatic nitrogens is 2. The zero-order valence-corrected chi connectivity index (χ0v) is 26.0. The second-order valence-electron chi connectivity index (χ2n) is 12.4. The summed E-state index contributed by atoms with van der Waals surface area (Å²) in [6.07, 6.45) is 0.790. The molecular weight excluding hydrogens is 548 g/mol. The Morgan fingerprint density at radius 2 is 1.74 bits per heavy atom. The van der Waals surface area contributed by atoms with Crippen LogP contribution in [0.4, 0.5) is 15.4 Å². The number of hydrogen-bond donors (Lipinski definition) is 0. The lowest BCUT2D eigenvalue weighted by atomic mass is 10.1. The van der Waals surface area contributed by atoms with Gasteiger partial charge in [0.25, 0.3) is 0 Å². The van der Waals surface area contributed by atoms with E-state index < -0.39 is 5.60 Å². The van der Waals surface area contributed by atoms with Crippen LogP contribution in [0.25, 0.3) is 10.9 Å². The molecule has 2 saturated heterocycles. The molecule has 0 unspecified atom stereocenters. The number of aryl methyl sites for hydroxylation is 1. The number of anilines is 1. The van der Waals surface area contributed by atoms with Gasteiger partial charge in [0.2, 0.25) is 5.91 Å². The number of amides is 4. The van der Waals surface area contributed by atoms with Crippen LogP contribution in [0.3, 0.4) is 0 Å². The molecular formula is C32H42N6O5. The first-order valence-corrected chi connectivity index (χ1v) is 14.9. The second-order valence-corrected chi connectivity index (χ2v) is 12.4. The van der Waals surface area contributed by atoms with Crippen molar-refractivity contribution in [3.63, 3.8) is 0 Å². The number of carbonyl (C=O) groups is 3. The Bertz CT molecular complexity index is 1490. The summed E-state index contributed by atoms with van der Waals surface area (Å²) in [4.78, 5) is 46.1. The number of imide groups is 1. The van der Waals surface area contributed by atoms with Gasteiger partial charge in [-0.2, -0.15) is 5.10 Å². The highest BCUT2D eigenvalue weighted by atomic mass is 16.6. The predicted molar refractivity (Wildman–Crippen MR) is 164 cm³/mol. The molecule has 1 atom stereocenters. The molecule has 1 aromatic heterocycles. The Hall–Kier alpha value is -4.12. The molecule has 0 saturated carbocycles. The average Bonchev–Trinajstić information content (AvgIpc) is 3.28. The van der Waals surface area contributed by atoms with Gasteiger partial charge in [-0.3, -0.25) is 24.2 Å². The Morgan fingerprint density at radius 3 is 2.42 bits per heavy atom. The van der Waals surface area contributed by atoms with Gasteiger partial charge in [-0.1, -0.05) is 18.2 Å². The van der Waals surface area contributed by atoms with E-state index in [9.17, 15) is 14.4 Å². The summed E-state index contributed by atoms with van der Waals surface area (Å²) >= 11 is 0. The number of rotatable bonds is 7. The molecule has 5 rings (SSSR count). The molecule has 11 heteroatoms. The first-order valence-electron chi connectivity index (χ1n) is 14.9. The first kappa shape index (κ1) is 30.3. The van der Waals surface area contributed by atoms with Crippen LogP contribution < -0.4 is 9.64 Å². The van der Waals surface area contributed by atoms with E-state index in [-0.39, 0.29) is 43.6 Å². The highest BCUT2D eigenvalue weighted by Crippen LogP contribution is 2.30. The van der Waals surface area contributed by atoms with Gasteiger partial charge < -0.3 is 14.4 Å². The van der Waals surface area contributed by atoms with Gasteiger partial charge in [0.1, 0.15) is 11.4 Å². The van der Waals surface area contributed by atoms with Crippen LogP contribution in [0.5, 0.6) is 5.75 Å². The molecule has 0 N–H and O–H groups in total. The van der Waals surface area contributed by atoms with Gasteiger partial charge >= 0.3 is 12.1 Å². The van der Waals surface area contributed by atoms with Crippen molar-refractivity contribution < 1.29 is 23.9 Å². The molecule has 0 aliphatic carbocycles. The topological polar surface area (TPSA) is 100 Å². The molecule has 43 heavy (non-hydrogen) atoms. The molecule has 3 aromatic rings. The average molecular weight is 591 g/mol. The van der Waals surface area contributed by atoms with Crippen molar-refractivity contribution in [2.75, 3.05) is 44.7 Å². The van der Waals surface area contributed by atoms with Crippen LogP contribution in [0, 0.1) is 0 Å². The molecule has 3 heterocycles.